The average molecular weight is 308 g/mol. The van der Waals surface area contributed by atoms with Crippen molar-refractivity contribution in [2.45, 2.75) is 20.0 Å². The molecule has 0 saturated heterocycles. The van der Waals surface area contributed by atoms with Crippen molar-refractivity contribution in [1.29, 1.82) is 0 Å². The van der Waals surface area contributed by atoms with E-state index in [0.29, 0.717) is 28.3 Å². The Hall–Kier alpha value is -0.520. The van der Waals surface area contributed by atoms with E-state index in [2.05, 4.69) is 5.48 Å². The molecule has 0 bridgehead atoms. The maximum Gasteiger partial charge on any atom is 0.138 e. The molecule has 0 aliphatic carbocycles. The highest BCUT2D eigenvalue weighted by atomic mass is 35.5. The summed E-state index contributed by atoms with van der Waals surface area (Å²) in [4.78, 5) is 5.15. The van der Waals surface area contributed by atoms with Gasteiger partial charge in [-0.25, -0.2) is 0 Å². The van der Waals surface area contributed by atoms with E-state index >= 15 is 0 Å². The third kappa shape index (κ3) is 6.99. The fourth-order valence-corrected chi connectivity index (χ4v) is 1.68. The summed E-state index contributed by atoms with van der Waals surface area (Å²) < 4.78 is 5.40. The van der Waals surface area contributed by atoms with Gasteiger partial charge in [0, 0.05) is 5.02 Å². The molecule has 0 amide bonds. The lowest BCUT2D eigenvalue weighted by Crippen LogP contribution is -2.32. The van der Waals surface area contributed by atoms with E-state index < -0.39 is 6.10 Å². The van der Waals surface area contributed by atoms with Crippen LogP contribution in [0.5, 0.6) is 5.75 Å². The molecule has 1 unspecified atom stereocenters. The highest BCUT2D eigenvalue weighted by Gasteiger charge is 2.08. The van der Waals surface area contributed by atoms with E-state index in [-0.39, 0.29) is 13.2 Å². The minimum absolute atomic E-state index is 0.124. The minimum Gasteiger partial charge on any atom is -0.489 e. The van der Waals surface area contributed by atoms with E-state index in [0.717, 1.165) is 0 Å². The third-order valence-electron chi connectivity index (χ3n) is 2.16. The van der Waals surface area contributed by atoms with Gasteiger partial charge in [0.05, 0.1) is 18.2 Å². The molecule has 19 heavy (non-hydrogen) atoms. The first-order chi connectivity index (χ1) is 8.99. The second-order valence-corrected chi connectivity index (χ2v) is 5.44. The van der Waals surface area contributed by atoms with E-state index in [1.165, 1.54) is 0 Å². The predicted molar refractivity (Wildman–Crippen MR) is 76.8 cm³/mol. The van der Waals surface area contributed by atoms with Gasteiger partial charge in [0.2, 0.25) is 0 Å². The van der Waals surface area contributed by atoms with E-state index in [1.54, 1.807) is 18.2 Å². The maximum atomic E-state index is 9.68. The van der Waals surface area contributed by atoms with Crippen LogP contribution < -0.4 is 10.2 Å². The van der Waals surface area contributed by atoms with Crippen molar-refractivity contribution in [1.82, 2.24) is 5.48 Å². The Morgan fingerprint density at radius 2 is 2.00 bits per heavy atom. The largest absolute Gasteiger partial charge is 0.489 e. The topological polar surface area (TPSA) is 50.7 Å². The van der Waals surface area contributed by atoms with Gasteiger partial charge in [-0.1, -0.05) is 37.0 Å². The van der Waals surface area contributed by atoms with Gasteiger partial charge < -0.3 is 14.7 Å². The number of hydrogen-bond acceptors (Lipinski definition) is 4. The van der Waals surface area contributed by atoms with Gasteiger partial charge in [-0.3, -0.25) is 0 Å². The second-order valence-electron chi connectivity index (χ2n) is 4.59. The van der Waals surface area contributed by atoms with Gasteiger partial charge in [-0.05, 0) is 24.1 Å². The van der Waals surface area contributed by atoms with Gasteiger partial charge >= 0.3 is 0 Å². The summed E-state index contributed by atoms with van der Waals surface area (Å²) >= 11 is 11.7. The molecule has 2 N–H and O–H groups in total. The Balaban J connectivity index is 2.24. The van der Waals surface area contributed by atoms with Crippen LogP contribution in [0.3, 0.4) is 0 Å². The van der Waals surface area contributed by atoms with Crippen molar-refractivity contribution in [3.8, 4) is 5.75 Å². The number of hydrogen-bond donors (Lipinski definition) is 2. The third-order valence-corrected chi connectivity index (χ3v) is 2.69. The van der Waals surface area contributed by atoms with Crippen LogP contribution in [0, 0.1) is 5.92 Å². The molecule has 4 nitrogen and oxygen atoms in total. The fraction of sp³-hybridized carbons (Fsp3) is 0.538. The van der Waals surface area contributed by atoms with Crippen LogP contribution >= 0.6 is 23.2 Å². The number of benzene rings is 1. The second kappa shape index (κ2) is 8.61. The number of ether oxygens (including phenoxy) is 1. The van der Waals surface area contributed by atoms with Crippen molar-refractivity contribution in [3.05, 3.63) is 28.2 Å². The van der Waals surface area contributed by atoms with Crippen LogP contribution in [0.15, 0.2) is 18.2 Å². The van der Waals surface area contributed by atoms with E-state index in [1.807, 2.05) is 13.8 Å². The van der Waals surface area contributed by atoms with Gasteiger partial charge in [-0.2, -0.15) is 5.48 Å². The van der Waals surface area contributed by atoms with Crippen LogP contribution in [-0.2, 0) is 4.84 Å². The summed E-state index contributed by atoms with van der Waals surface area (Å²) in [6, 6.07) is 4.94. The summed E-state index contributed by atoms with van der Waals surface area (Å²) in [5, 5.41) is 10.6. The molecule has 1 aromatic carbocycles. The summed E-state index contributed by atoms with van der Waals surface area (Å²) in [6.45, 7) is 5.10. The Kier molecular flexibility index (Phi) is 7.49. The first-order valence-electron chi connectivity index (χ1n) is 6.09. The van der Waals surface area contributed by atoms with Gasteiger partial charge in [0.25, 0.3) is 0 Å². The summed E-state index contributed by atoms with van der Waals surface area (Å²) in [6.07, 6.45) is -0.682. The molecule has 0 heterocycles. The predicted octanol–water partition coefficient (Wildman–Crippen LogP) is 2.91. The molecule has 108 valence electrons. The van der Waals surface area contributed by atoms with Crippen molar-refractivity contribution in [2.24, 2.45) is 5.92 Å². The van der Waals surface area contributed by atoms with Crippen LogP contribution in [0.2, 0.25) is 10.0 Å². The minimum atomic E-state index is -0.682. The fourth-order valence-electron chi connectivity index (χ4n) is 1.22. The number of aliphatic hydroxyl groups excluding tert-OH is 1. The van der Waals surface area contributed by atoms with Crippen LogP contribution in [-0.4, -0.2) is 31.0 Å². The maximum absolute atomic E-state index is 9.68. The normalized spacial score (nSPS) is 12.7. The van der Waals surface area contributed by atoms with Crippen molar-refractivity contribution >= 4 is 23.2 Å². The van der Waals surface area contributed by atoms with Gasteiger partial charge in [0.15, 0.2) is 0 Å². The van der Waals surface area contributed by atoms with Crippen LogP contribution in [0.25, 0.3) is 0 Å². The number of nitrogens with one attached hydrogen (secondary N) is 1. The molecule has 0 aliphatic heterocycles. The molecule has 1 rings (SSSR count). The molecule has 1 aromatic rings. The van der Waals surface area contributed by atoms with Crippen molar-refractivity contribution in [3.63, 3.8) is 0 Å². The highest BCUT2D eigenvalue weighted by Crippen LogP contribution is 2.27. The average Bonchev–Trinajstić information content (AvgIpc) is 2.33. The van der Waals surface area contributed by atoms with Crippen molar-refractivity contribution in [2.75, 3.05) is 19.8 Å². The zero-order valence-electron chi connectivity index (χ0n) is 11.0. The molecule has 1 atom stereocenters. The zero-order chi connectivity index (χ0) is 14.3. The van der Waals surface area contributed by atoms with Crippen LogP contribution in [0.1, 0.15) is 13.8 Å². The molecule has 6 heteroatoms. The van der Waals surface area contributed by atoms with Gasteiger partial charge in [0.1, 0.15) is 18.5 Å². The lowest BCUT2D eigenvalue weighted by atomic mass is 10.2. The van der Waals surface area contributed by atoms with E-state index in [9.17, 15) is 5.11 Å². The number of hydroxylamine groups is 1. The molecule has 0 saturated carbocycles. The number of aliphatic hydroxyl groups is 1. The monoisotopic (exact) mass is 307 g/mol. The number of rotatable bonds is 8. The molecular weight excluding hydrogens is 289 g/mol. The molecule has 0 fully saturated rings. The zero-order valence-corrected chi connectivity index (χ0v) is 12.5. The van der Waals surface area contributed by atoms with Gasteiger partial charge in [-0.15, -0.1) is 0 Å². The SMILES string of the molecule is CC(C)CONCC(O)COc1ccc(Cl)cc1Cl. The Labute approximate surface area is 123 Å². The summed E-state index contributed by atoms with van der Waals surface area (Å²) in [5.74, 6) is 0.932. The summed E-state index contributed by atoms with van der Waals surface area (Å²) in [5.41, 5.74) is 2.69. The van der Waals surface area contributed by atoms with Crippen molar-refractivity contribution < 1.29 is 14.7 Å². The quantitative estimate of drug-likeness (QED) is 0.573. The first kappa shape index (κ1) is 16.5. The molecule has 0 radical (unpaired) electrons. The molecule has 0 spiro atoms. The highest BCUT2D eigenvalue weighted by molar-refractivity contribution is 6.35. The molecule has 0 aliphatic rings. The standard InChI is InChI=1S/C13H19Cl2NO3/c1-9(2)7-19-16-6-11(17)8-18-13-4-3-10(14)5-12(13)15/h3-5,9,11,16-17H,6-8H2,1-2H3. The Morgan fingerprint density at radius 1 is 1.26 bits per heavy atom. The molecule has 0 aromatic heterocycles. The smallest absolute Gasteiger partial charge is 0.138 e. The lowest BCUT2D eigenvalue weighted by Gasteiger charge is -2.14. The molecular formula is C13H19Cl2NO3. The van der Waals surface area contributed by atoms with E-state index in [4.69, 9.17) is 32.8 Å². The Bertz CT molecular complexity index is 388. The lowest BCUT2D eigenvalue weighted by molar-refractivity contribution is -0.00772. The van der Waals surface area contributed by atoms with Crippen LogP contribution in [0.4, 0.5) is 0 Å². The Morgan fingerprint density at radius 3 is 2.63 bits per heavy atom. The first-order valence-corrected chi connectivity index (χ1v) is 6.85. The number of halogens is 2. The summed E-state index contributed by atoms with van der Waals surface area (Å²) in [7, 11) is 0.